The number of rotatable bonds is 4. The summed E-state index contributed by atoms with van der Waals surface area (Å²) in [5, 5.41) is 0. The highest BCUT2D eigenvalue weighted by Gasteiger charge is 2.53. The smallest absolute Gasteiger partial charge is 0.314 e. The quantitative estimate of drug-likeness (QED) is 0.661. The van der Waals surface area contributed by atoms with Gasteiger partial charge in [-0.15, -0.1) is 0 Å². The molecule has 1 unspecified atom stereocenters. The summed E-state index contributed by atoms with van der Waals surface area (Å²) in [4.78, 5) is 25.3. The van der Waals surface area contributed by atoms with E-state index in [0.717, 1.165) is 51.4 Å². The molecule has 0 aromatic heterocycles. The molecule has 4 rings (SSSR count). The Morgan fingerprint density at radius 3 is 2.17 bits per heavy atom. The minimum absolute atomic E-state index is 0.00158. The highest BCUT2D eigenvalue weighted by atomic mass is 16.6. The summed E-state index contributed by atoms with van der Waals surface area (Å²) in [7, 11) is 0. The van der Waals surface area contributed by atoms with Crippen LogP contribution in [0.25, 0.3) is 0 Å². The van der Waals surface area contributed by atoms with E-state index in [9.17, 15) is 9.59 Å². The second kappa shape index (κ2) is 8.54. The lowest BCUT2D eigenvalue weighted by atomic mass is 9.76. The van der Waals surface area contributed by atoms with E-state index in [1.165, 1.54) is 0 Å². The van der Waals surface area contributed by atoms with Gasteiger partial charge in [0.2, 0.25) is 0 Å². The summed E-state index contributed by atoms with van der Waals surface area (Å²) < 4.78 is 23.2. The van der Waals surface area contributed by atoms with Gasteiger partial charge in [0.15, 0.2) is 6.10 Å². The third-order valence-corrected chi connectivity index (χ3v) is 7.50. The lowest BCUT2D eigenvalue weighted by Gasteiger charge is -2.34. The molecule has 0 N–H and O–H groups in total. The van der Waals surface area contributed by atoms with Gasteiger partial charge in [-0.2, -0.15) is 0 Å². The molecule has 6 nitrogen and oxygen atoms in total. The fourth-order valence-electron chi connectivity index (χ4n) is 5.25. The van der Waals surface area contributed by atoms with Crippen LogP contribution >= 0.6 is 0 Å². The number of fused-ring (bicyclic) bond motifs is 1. The van der Waals surface area contributed by atoms with Crippen LogP contribution in [0.2, 0.25) is 0 Å². The Morgan fingerprint density at radius 2 is 1.48 bits per heavy atom. The van der Waals surface area contributed by atoms with E-state index in [1.807, 2.05) is 0 Å². The van der Waals surface area contributed by atoms with Crippen molar-refractivity contribution in [3.05, 3.63) is 0 Å². The molecule has 164 valence electrons. The molecule has 4 aliphatic rings. The molecule has 29 heavy (non-hydrogen) atoms. The van der Waals surface area contributed by atoms with Gasteiger partial charge in [0.1, 0.15) is 24.2 Å². The van der Waals surface area contributed by atoms with Gasteiger partial charge in [-0.1, -0.05) is 20.8 Å². The fraction of sp³-hybridized carbons (Fsp3) is 0.913. The van der Waals surface area contributed by atoms with Gasteiger partial charge in [0.05, 0.1) is 19.1 Å². The van der Waals surface area contributed by atoms with E-state index in [2.05, 4.69) is 20.8 Å². The summed E-state index contributed by atoms with van der Waals surface area (Å²) in [6.45, 7) is 7.34. The summed E-state index contributed by atoms with van der Waals surface area (Å²) in [5.41, 5.74) is 0.340. The van der Waals surface area contributed by atoms with Crippen molar-refractivity contribution in [2.24, 2.45) is 23.2 Å². The number of hydrogen-bond acceptors (Lipinski definition) is 6. The molecule has 4 atom stereocenters. The van der Waals surface area contributed by atoms with Crippen molar-refractivity contribution in [1.29, 1.82) is 0 Å². The molecule has 2 saturated carbocycles. The van der Waals surface area contributed by atoms with Crippen LogP contribution in [-0.4, -0.2) is 49.6 Å². The second-order valence-electron chi connectivity index (χ2n) is 10.4. The fourth-order valence-corrected chi connectivity index (χ4v) is 5.25. The van der Waals surface area contributed by atoms with Crippen molar-refractivity contribution in [2.75, 3.05) is 13.2 Å². The lowest BCUT2D eigenvalue weighted by Crippen LogP contribution is -2.38. The number of hydrogen-bond donors (Lipinski definition) is 0. The van der Waals surface area contributed by atoms with Crippen LogP contribution < -0.4 is 0 Å². The van der Waals surface area contributed by atoms with Gasteiger partial charge >= 0.3 is 11.9 Å². The SMILES string of the molecule is CC1CCC(C(=O)OC2CO[C@@H]3[C@@H](C(=O)OC4CCC(C)(C)CC4)CO[C@H]23)CC1. The van der Waals surface area contributed by atoms with Gasteiger partial charge in [0, 0.05) is 0 Å². The molecule has 0 amide bonds. The first-order valence-electron chi connectivity index (χ1n) is 11.5. The molecule has 0 aromatic carbocycles. The third kappa shape index (κ3) is 4.79. The van der Waals surface area contributed by atoms with Crippen molar-refractivity contribution in [2.45, 2.75) is 96.6 Å². The van der Waals surface area contributed by atoms with Crippen molar-refractivity contribution >= 4 is 11.9 Å². The Morgan fingerprint density at radius 1 is 0.828 bits per heavy atom. The predicted octanol–water partition coefficient (Wildman–Crippen LogP) is 3.65. The summed E-state index contributed by atoms with van der Waals surface area (Å²) in [6, 6.07) is 0. The van der Waals surface area contributed by atoms with Gasteiger partial charge in [-0.05, 0) is 62.7 Å². The van der Waals surface area contributed by atoms with Gasteiger partial charge in [-0.25, -0.2) is 0 Å². The third-order valence-electron chi connectivity index (χ3n) is 7.50. The van der Waals surface area contributed by atoms with Crippen LogP contribution in [0.1, 0.15) is 72.1 Å². The lowest BCUT2D eigenvalue weighted by molar-refractivity contribution is -0.162. The van der Waals surface area contributed by atoms with Crippen molar-refractivity contribution < 1.29 is 28.5 Å². The number of carbonyl (C=O) groups excluding carboxylic acids is 2. The standard InChI is InChI=1S/C23H36O6/c1-14-4-6-15(7-5-14)21(24)29-18-13-27-19-17(12-26-20(18)19)22(25)28-16-8-10-23(2,3)11-9-16/h14-20H,4-13H2,1-3H3/t14?,15?,17-,18?,19+,20+/m0/s1. The molecule has 0 bridgehead atoms. The number of carbonyl (C=O) groups is 2. The first-order chi connectivity index (χ1) is 13.8. The maximum absolute atomic E-state index is 12.7. The van der Waals surface area contributed by atoms with Crippen LogP contribution in [0.5, 0.6) is 0 Å². The van der Waals surface area contributed by atoms with Crippen molar-refractivity contribution in [3.8, 4) is 0 Å². The molecule has 2 aliphatic carbocycles. The van der Waals surface area contributed by atoms with Gasteiger partial charge in [-0.3, -0.25) is 9.59 Å². The highest BCUT2D eigenvalue weighted by Crippen LogP contribution is 2.38. The van der Waals surface area contributed by atoms with Crippen LogP contribution in [-0.2, 0) is 28.5 Å². The largest absolute Gasteiger partial charge is 0.462 e. The first kappa shape index (κ1) is 21.1. The molecule has 4 fully saturated rings. The van der Waals surface area contributed by atoms with Crippen LogP contribution in [0, 0.1) is 23.2 Å². The van der Waals surface area contributed by atoms with Crippen LogP contribution in [0.15, 0.2) is 0 Å². The average Bonchev–Trinajstić information content (AvgIpc) is 3.27. The minimum atomic E-state index is -0.422. The Hall–Kier alpha value is -1.14. The average molecular weight is 409 g/mol. The molecule has 2 saturated heterocycles. The molecule has 6 heteroatoms. The first-order valence-corrected chi connectivity index (χ1v) is 11.5. The van der Waals surface area contributed by atoms with Crippen LogP contribution in [0.3, 0.4) is 0 Å². The molecule has 2 aliphatic heterocycles. The Labute approximate surface area is 174 Å². The Bertz CT molecular complexity index is 598. The zero-order valence-corrected chi connectivity index (χ0v) is 18.1. The monoisotopic (exact) mass is 408 g/mol. The highest BCUT2D eigenvalue weighted by molar-refractivity contribution is 5.74. The topological polar surface area (TPSA) is 71.1 Å². The molecule has 0 spiro atoms. The molecule has 2 heterocycles. The van der Waals surface area contributed by atoms with E-state index < -0.39 is 12.0 Å². The van der Waals surface area contributed by atoms with E-state index in [-0.39, 0.29) is 42.8 Å². The van der Waals surface area contributed by atoms with E-state index in [4.69, 9.17) is 18.9 Å². The molecule has 0 radical (unpaired) electrons. The number of esters is 2. The van der Waals surface area contributed by atoms with E-state index in [1.54, 1.807) is 0 Å². The minimum Gasteiger partial charge on any atom is -0.462 e. The van der Waals surface area contributed by atoms with Gasteiger partial charge < -0.3 is 18.9 Å². The maximum Gasteiger partial charge on any atom is 0.314 e. The van der Waals surface area contributed by atoms with E-state index >= 15 is 0 Å². The second-order valence-corrected chi connectivity index (χ2v) is 10.4. The Kier molecular flexibility index (Phi) is 6.22. The molecular weight excluding hydrogens is 372 g/mol. The maximum atomic E-state index is 12.7. The Balaban J connectivity index is 1.26. The van der Waals surface area contributed by atoms with Gasteiger partial charge in [0.25, 0.3) is 0 Å². The summed E-state index contributed by atoms with van der Waals surface area (Å²) in [5.74, 6) is -0.100. The zero-order valence-electron chi connectivity index (χ0n) is 18.1. The predicted molar refractivity (Wildman–Crippen MR) is 106 cm³/mol. The molecule has 0 aromatic rings. The van der Waals surface area contributed by atoms with Crippen LogP contribution in [0.4, 0.5) is 0 Å². The zero-order chi connectivity index (χ0) is 20.6. The molecular formula is C23H36O6. The normalized spacial score (nSPS) is 39.7. The number of ether oxygens (including phenoxy) is 4. The van der Waals surface area contributed by atoms with E-state index in [0.29, 0.717) is 17.9 Å². The van der Waals surface area contributed by atoms with Crippen molar-refractivity contribution in [1.82, 2.24) is 0 Å². The summed E-state index contributed by atoms with van der Waals surface area (Å²) >= 11 is 0. The van der Waals surface area contributed by atoms with Crippen molar-refractivity contribution in [3.63, 3.8) is 0 Å². The summed E-state index contributed by atoms with van der Waals surface area (Å²) in [6.07, 6.45) is 6.80.